The van der Waals surface area contributed by atoms with Crippen molar-refractivity contribution in [1.29, 1.82) is 0 Å². The Morgan fingerprint density at radius 3 is 2.70 bits per heavy atom. The fraction of sp³-hybridized carbons (Fsp3) is 0. The second-order valence-electron chi connectivity index (χ2n) is 7.27. The molecule has 0 bridgehead atoms. The summed E-state index contributed by atoms with van der Waals surface area (Å²) < 4.78 is 6.38. The molecule has 2 heterocycles. The lowest BCUT2D eigenvalue weighted by Crippen LogP contribution is -2.18. The Morgan fingerprint density at radius 1 is 1.06 bits per heavy atom. The maximum Gasteiger partial charge on any atom is 0.345 e. The largest absolute Gasteiger partial charge is 0.422 e. The molecule has 0 aliphatic rings. The maximum absolute atomic E-state index is 12.8. The molecule has 5 aromatic rings. The summed E-state index contributed by atoms with van der Waals surface area (Å²) in [5.41, 5.74) is 5.19. The molecular formula is C25H15BrClN3O3. The number of nitrogens with one attached hydrogen (secondary N) is 2. The predicted octanol–water partition coefficient (Wildman–Crippen LogP) is 6.12. The summed E-state index contributed by atoms with van der Waals surface area (Å²) in [6, 6.07) is 21.6. The molecule has 8 heteroatoms. The average molecular weight is 521 g/mol. The molecule has 0 unspecified atom stereocenters. The van der Waals surface area contributed by atoms with Crippen LogP contribution in [0.2, 0.25) is 5.02 Å². The van der Waals surface area contributed by atoms with Gasteiger partial charge in [0.25, 0.3) is 5.91 Å². The van der Waals surface area contributed by atoms with Gasteiger partial charge in [-0.3, -0.25) is 4.79 Å². The normalized spacial score (nSPS) is 11.5. The zero-order chi connectivity index (χ0) is 22.9. The molecule has 0 spiro atoms. The van der Waals surface area contributed by atoms with Crippen LogP contribution in [0.4, 0.5) is 0 Å². The van der Waals surface area contributed by atoms with Crippen molar-refractivity contribution in [3.63, 3.8) is 0 Å². The van der Waals surface area contributed by atoms with Crippen molar-refractivity contribution in [3.8, 4) is 11.3 Å². The van der Waals surface area contributed by atoms with E-state index in [1.807, 2.05) is 36.4 Å². The molecule has 162 valence electrons. The molecule has 5 rings (SSSR count). The van der Waals surface area contributed by atoms with E-state index in [2.05, 4.69) is 31.4 Å². The van der Waals surface area contributed by atoms with E-state index in [4.69, 9.17) is 16.0 Å². The number of hydrazone groups is 1. The van der Waals surface area contributed by atoms with Crippen LogP contribution in [0.1, 0.15) is 15.9 Å². The maximum atomic E-state index is 12.8. The second-order valence-corrected chi connectivity index (χ2v) is 8.59. The number of hydrogen-bond donors (Lipinski definition) is 2. The Morgan fingerprint density at radius 2 is 1.85 bits per heavy atom. The zero-order valence-electron chi connectivity index (χ0n) is 16.9. The monoisotopic (exact) mass is 519 g/mol. The van der Waals surface area contributed by atoms with E-state index < -0.39 is 11.5 Å². The second kappa shape index (κ2) is 8.69. The minimum absolute atomic E-state index is 0.316. The standard InChI is InChI=1S/C25H15BrClN3O3/c26-15-10-9-14-11-18(25(32)33-22(14)12-15)23-19(16-5-2-4-8-21(16)29-23)13-28-30-24(31)17-6-1-3-7-20(17)27/h1-13,29H,(H,30,31)/b28-13+. The molecule has 0 atom stereocenters. The SMILES string of the molecule is O=C(N/N=C/c1c(-c2cc3ccc(Br)cc3oc2=O)[nH]c2ccccc12)c1ccccc1Cl. The molecule has 33 heavy (non-hydrogen) atoms. The number of para-hydroxylation sites is 1. The smallest absolute Gasteiger partial charge is 0.345 e. The van der Waals surface area contributed by atoms with Crippen LogP contribution in [0.3, 0.4) is 0 Å². The summed E-state index contributed by atoms with van der Waals surface area (Å²) in [5, 5.41) is 6.09. The van der Waals surface area contributed by atoms with Crippen molar-refractivity contribution in [2.75, 3.05) is 0 Å². The van der Waals surface area contributed by atoms with Crippen molar-refractivity contribution >= 4 is 61.5 Å². The molecule has 6 nitrogen and oxygen atoms in total. The Labute approximate surface area is 201 Å². The average Bonchev–Trinajstić information content (AvgIpc) is 3.17. The lowest BCUT2D eigenvalue weighted by Gasteiger charge is -2.04. The number of H-pyrrole nitrogens is 1. The Kier molecular flexibility index (Phi) is 5.58. The highest BCUT2D eigenvalue weighted by atomic mass is 79.9. The Bertz CT molecular complexity index is 1620. The molecule has 2 N–H and O–H groups in total. The van der Waals surface area contributed by atoms with Gasteiger partial charge in [-0.05, 0) is 36.4 Å². The molecule has 0 saturated heterocycles. The van der Waals surface area contributed by atoms with Crippen molar-refractivity contribution in [3.05, 3.63) is 104 Å². The van der Waals surface area contributed by atoms with Gasteiger partial charge in [-0.2, -0.15) is 5.10 Å². The van der Waals surface area contributed by atoms with Crippen molar-refractivity contribution in [2.45, 2.75) is 0 Å². The van der Waals surface area contributed by atoms with Gasteiger partial charge in [0.15, 0.2) is 0 Å². The van der Waals surface area contributed by atoms with Gasteiger partial charge in [0.05, 0.1) is 28.1 Å². The number of fused-ring (bicyclic) bond motifs is 2. The first-order valence-electron chi connectivity index (χ1n) is 9.94. The predicted molar refractivity (Wildman–Crippen MR) is 134 cm³/mol. The van der Waals surface area contributed by atoms with Crippen LogP contribution in [-0.2, 0) is 0 Å². The number of rotatable bonds is 4. The van der Waals surface area contributed by atoms with Gasteiger partial charge in [0, 0.05) is 26.3 Å². The lowest BCUT2D eigenvalue weighted by atomic mass is 10.1. The molecule has 1 amide bonds. The first-order valence-corrected chi connectivity index (χ1v) is 11.1. The van der Waals surface area contributed by atoms with Gasteiger partial charge in [-0.15, -0.1) is 0 Å². The first-order chi connectivity index (χ1) is 16.0. The summed E-state index contributed by atoms with van der Waals surface area (Å²) in [6.45, 7) is 0. The quantitative estimate of drug-likeness (QED) is 0.170. The molecular weight excluding hydrogens is 506 g/mol. The van der Waals surface area contributed by atoms with Crippen molar-refractivity contribution < 1.29 is 9.21 Å². The fourth-order valence-corrected chi connectivity index (χ4v) is 4.19. The highest BCUT2D eigenvalue weighted by Crippen LogP contribution is 2.29. The summed E-state index contributed by atoms with van der Waals surface area (Å²) >= 11 is 9.48. The minimum Gasteiger partial charge on any atom is -0.422 e. The molecule has 0 aliphatic heterocycles. The van der Waals surface area contributed by atoms with Crippen LogP contribution < -0.4 is 11.1 Å². The number of aromatic amines is 1. The molecule has 0 saturated carbocycles. The van der Waals surface area contributed by atoms with E-state index >= 15 is 0 Å². The summed E-state index contributed by atoms with van der Waals surface area (Å²) in [4.78, 5) is 28.6. The van der Waals surface area contributed by atoms with Crippen molar-refractivity contribution in [2.24, 2.45) is 5.10 Å². The topological polar surface area (TPSA) is 87.5 Å². The van der Waals surface area contributed by atoms with Gasteiger partial charge < -0.3 is 9.40 Å². The highest BCUT2D eigenvalue weighted by molar-refractivity contribution is 9.10. The number of benzene rings is 3. The number of halogens is 2. The van der Waals surface area contributed by atoms with Gasteiger partial charge >= 0.3 is 5.63 Å². The number of hydrogen-bond acceptors (Lipinski definition) is 4. The van der Waals surface area contributed by atoms with E-state index in [0.29, 0.717) is 33.0 Å². The number of carbonyl (C=O) groups is 1. The van der Waals surface area contributed by atoms with Crippen LogP contribution in [0, 0.1) is 0 Å². The minimum atomic E-state index is -0.484. The van der Waals surface area contributed by atoms with Crippen LogP contribution in [0.5, 0.6) is 0 Å². The first kappa shape index (κ1) is 21.2. The van der Waals surface area contributed by atoms with Crippen LogP contribution >= 0.6 is 27.5 Å². The van der Waals surface area contributed by atoms with Gasteiger partial charge in [-0.1, -0.05) is 63.9 Å². The van der Waals surface area contributed by atoms with E-state index in [1.165, 1.54) is 6.21 Å². The number of aromatic nitrogens is 1. The number of amides is 1. The Balaban J connectivity index is 1.58. The molecule has 2 aromatic heterocycles. The summed E-state index contributed by atoms with van der Waals surface area (Å²) in [7, 11) is 0. The van der Waals surface area contributed by atoms with Gasteiger partial charge in [-0.25, -0.2) is 10.2 Å². The third kappa shape index (κ3) is 4.08. The third-order valence-electron chi connectivity index (χ3n) is 5.19. The number of carbonyl (C=O) groups excluding carboxylic acids is 1. The van der Waals surface area contributed by atoms with Crippen LogP contribution in [-0.4, -0.2) is 17.1 Å². The molecule has 0 radical (unpaired) electrons. The number of nitrogens with zero attached hydrogens (tertiary/aromatic N) is 1. The molecule has 3 aromatic carbocycles. The van der Waals surface area contributed by atoms with Crippen molar-refractivity contribution in [1.82, 2.24) is 10.4 Å². The molecule has 0 fully saturated rings. The van der Waals surface area contributed by atoms with Gasteiger partial charge in [0.1, 0.15) is 5.58 Å². The van der Waals surface area contributed by atoms with Gasteiger partial charge in [0.2, 0.25) is 0 Å². The van der Waals surface area contributed by atoms with Crippen LogP contribution in [0.15, 0.2) is 91.6 Å². The van der Waals surface area contributed by atoms with Crippen LogP contribution in [0.25, 0.3) is 33.1 Å². The molecule has 0 aliphatic carbocycles. The Hall–Kier alpha value is -3.68. The fourth-order valence-electron chi connectivity index (χ4n) is 3.63. The zero-order valence-corrected chi connectivity index (χ0v) is 19.3. The lowest BCUT2D eigenvalue weighted by molar-refractivity contribution is 0.0955. The van der Waals surface area contributed by atoms with E-state index in [-0.39, 0.29) is 0 Å². The summed E-state index contributed by atoms with van der Waals surface area (Å²) in [6.07, 6.45) is 1.51. The highest BCUT2D eigenvalue weighted by Gasteiger charge is 2.17. The van der Waals surface area contributed by atoms with E-state index in [0.717, 1.165) is 20.8 Å². The van der Waals surface area contributed by atoms with E-state index in [1.54, 1.807) is 36.4 Å². The van der Waals surface area contributed by atoms with E-state index in [9.17, 15) is 9.59 Å². The third-order valence-corrected chi connectivity index (χ3v) is 6.01. The summed E-state index contributed by atoms with van der Waals surface area (Å²) in [5.74, 6) is -0.436.